The number of rotatable bonds is 4. The number of para-hydroxylation sites is 1. The third kappa shape index (κ3) is 3.15. The van der Waals surface area contributed by atoms with Gasteiger partial charge in [-0.05, 0) is 47.5 Å². The maximum Gasteiger partial charge on any atom is 0.337 e. The molecular formula is C25H18N2O5. The van der Waals surface area contributed by atoms with Gasteiger partial charge in [-0.25, -0.2) is 4.79 Å². The highest BCUT2D eigenvalue weighted by atomic mass is 16.5. The van der Waals surface area contributed by atoms with Gasteiger partial charge < -0.3 is 14.1 Å². The summed E-state index contributed by atoms with van der Waals surface area (Å²) in [5, 5.41) is 0.418. The first-order valence-corrected chi connectivity index (χ1v) is 10.0. The fourth-order valence-electron chi connectivity index (χ4n) is 4.08. The van der Waals surface area contributed by atoms with E-state index in [-0.39, 0.29) is 23.6 Å². The molecule has 0 spiro atoms. The highest BCUT2D eigenvalue weighted by molar-refractivity contribution is 5.99. The number of benzene rings is 2. The Morgan fingerprint density at radius 2 is 1.75 bits per heavy atom. The van der Waals surface area contributed by atoms with Crippen molar-refractivity contribution < 1.29 is 18.7 Å². The van der Waals surface area contributed by atoms with Gasteiger partial charge in [-0.3, -0.25) is 14.6 Å². The molecule has 0 fully saturated rings. The zero-order chi connectivity index (χ0) is 22.2. The van der Waals surface area contributed by atoms with Crippen LogP contribution in [0.3, 0.4) is 0 Å². The fraction of sp³-hybridized carbons (Fsp3) is 0.120. The number of fused-ring (bicyclic) bond motifs is 2. The van der Waals surface area contributed by atoms with Crippen molar-refractivity contribution in [1.29, 1.82) is 0 Å². The van der Waals surface area contributed by atoms with Crippen LogP contribution in [0.15, 0.2) is 82.3 Å². The number of esters is 1. The second kappa shape index (κ2) is 7.77. The molecule has 2 aromatic carbocycles. The zero-order valence-electron chi connectivity index (χ0n) is 17.1. The van der Waals surface area contributed by atoms with Crippen molar-refractivity contribution in [2.24, 2.45) is 0 Å². The molecule has 7 nitrogen and oxygen atoms in total. The van der Waals surface area contributed by atoms with Crippen molar-refractivity contribution in [3.05, 3.63) is 111 Å². The SMILES string of the molecule is COC(=O)c1ccc([C@H]2c3c(oc4ccccc4c3=O)C(=O)N2Cc2ccncc2)cc1. The number of hydrogen-bond acceptors (Lipinski definition) is 6. The lowest BCUT2D eigenvalue weighted by Crippen LogP contribution is -2.29. The number of amides is 1. The van der Waals surface area contributed by atoms with E-state index in [1.54, 1.807) is 65.8 Å². The Hall–Kier alpha value is -4.26. The largest absolute Gasteiger partial charge is 0.465 e. The Kier molecular flexibility index (Phi) is 4.78. The lowest BCUT2D eigenvalue weighted by atomic mass is 9.97. The van der Waals surface area contributed by atoms with E-state index in [4.69, 9.17) is 9.15 Å². The van der Waals surface area contributed by atoms with Gasteiger partial charge in [0.15, 0.2) is 5.43 Å². The van der Waals surface area contributed by atoms with Crippen molar-refractivity contribution in [2.75, 3.05) is 7.11 Å². The summed E-state index contributed by atoms with van der Waals surface area (Å²) < 4.78 is 10.7. The third-order valence-corrected chi connectivity index (χ3v) is 5.62. The van der Waals surface area contributed by atoms with E-state index in [1.807, 2.05) is 12.1 Å². The molecule has 0 saturated heterocycles. The molecule has 4 aromatic rings. The van der Waals surface area contributed by atoms with E-state index in [9.17, 15) is 14.4 Å². The number of carbonyl (C=O) groups excluding carboxylic acids is 2. The van der Waals surface area contributed by atoms with E-state index in [2.05, 4.69) is 4.98 Å². The van der Waals surface area contributed by atoms with Gasteiger partial charge in [-0.2, -0.15) is 0 Å². The molecule has 0 bridgehead atoms. The molecule has 0 radical (unpaired) electrons. The summed E-state index contributed by atoms with van der Waals surface area (Å²) in [6.07, 6.45) is 3.31. The highest BCUT2D eigenvalue weighted by Crippen LogP contribution is 2.39. The summed E-state index contributed by atoms with van der Waals surface area (Å²) in [7, 11) is 1.31. The van der Waals surface area contributed by atoms with E-state index in [0.29, 0.717) is 27.7 Å². The predicted molar refractivity (Wildman–Crippen MR) is 116 cm³/mol. The van der Waals surface area contributed by atoms with E-state index >= 15 is 0 Å². The molecule has 3 heterocycles. The van der Waals surface area contributed by atoms with Crippen molar-refractivity contribution >= 4 is 22.8 Å². The summed E-state index contributed by atoms with van der Waals surface area (Å²) in [6, 6.07) is 16.6. The van der Waals surface area contributed by atoms with Gasteiger partial charge in [0.1, 0.15) is 5.58 Å². The van der Waals surface area contributed by atoms with Gasteiger partial charge in [0.05, 0.1) is 29.7 Å². The van der Waals surface area contributed by atoms with Crippen molar-refractivity contribution in [2.45, 2.75) is 12.6 Å². The Balaban J connectivity index is 1.68. The minimum atomic E-state index is -0.654. The van der Waals surface area contributed by atoms with Crippen LogP contribution in [0.25, 0.3) is 11.0 Å². The molecule has 1 amide bonds. The predicted octanol–water partition coefficient (Wildman–Crippen LogP) is 3.72. The van der Waals surface area contributed by atoms with E-state index in [1.165, 1.54) is 7.11 Å². The standard InChI is InChI=1S/C25H18N2O5/c1-31-25(30)17-8-6-16(7-9-17)21-20-22(28)18-4-2-3-5-19(18)32-23(20)24(29)27(21)14-15-10-12-26-13-11-15/h2-13,21H,14H2,1H3/t21-/m0/s1. The van der Waals surface area contributed by atoms with Crippen molar-refractivity contribution in [1.82, 2.24) is 9.88 Å². The smallest absolute Gasteiger partial charge is 0.337 e. The van der Waals surface area contributed by atoms with Crippen LogP contribution in [0.5, 0.6) is 0 Å². The van der Waals surface area contributed by atoms with Crippen molar-refractivity contribution in [3.8, 4) is 0 Å². The van der Waals surface area contributed by atoms with Crippen LogP contribution in [-0.2, 0) is 11.3 Å². The molecule has 0 N–H and O–H groups in total. The molecule has 0 unspecified atom stereocenters. The first-order valence-electron chi connectivity index (χ1n) is 10.0. The first-order chi connectivity index (χ1) is 15.6. The van der Waals surface area contributed by atoms with Gasteiger partial charge in [-0.1, -0.05) is 24.3 Å². The Bertz CT molecular complexity index is 1390. The quantitative estimate of drug-likeness (QED) is 0.462. The normalized spacial score (nSPS) is 15.1. The van der Waals surface area contributed by atoms with Gasteiger partial charge in [0.2, 0.25) is 5.76 Å². The monoisotopic (exact) mass is 426 g/mol. The molecule has 1 aliphatic rings. The first kappa shape index (κ1) is 19.7. The molecule has 32 heavy (non-hydrogen) atoms. The molecule has 0 aliphatic carbocycles. The van der Waals surface area contributed by atoms with Crippen molar-refractivity contribution in [3.63, 3.8) is 0 Å². The second-order valence-corrected chi connectivity index (χ2v) is 7.47. The van der Waals surface area contributed by atoms with Gasteiger partial charge in [0.25, 0.3) is 5.91 Å². The minimum absolute atomic E-state index is 0.0461. The average Bonchev–Trinajstić information content (AvgIpc) is 3.11. The van der Waals surface area contributed by atoms with Gasteiger partial charge in [0, 0.05) is 18.9 Å². The maximum absolute atomic E-state index is 13.4. The number of methoxy groups -OCH3 is 1. The van der Waals surface area contributed by atoms with Crippen LogP contribution < -0.4 is 5.43 Å². The minimum Gasteiger partial charge on any atom is -0.465 e. The number of hydrogen-bond donors (Lipinski definition) is 0. The van der Waals surface area contributed by atoms with Crippen LogP contribution in [0.2, 0.25) is 0 Å². The topological polar surface area (TPSA) is 89.7 Å². The highest BCUT2D eigenvalue weighted by Gasteiger charge is 2.42. The number of carbonyl (C=O) groups is 2. The zero-order valence-corrected chi connectivity index (χ0v) is 17.1. The molecule has 2 aromatic heterocycles. The Morgan fingerprint density at radius 1 is 1.03 bits per heavy atom. The maximum atomic E-state index is 13.4. The second-order valence-electron chi connectivity index (χ2n) is 7.47. The molecule has 1 aliphatic heterocycles. The van der Waals surface area contributed by atoms with Crippen LogP contribution in [-0.4, -0.2) is 28.9 Å². The lowest BCUT2D eigenvalue weighted by Gasteiger charge is -2.25. The van der Waals surface area contributed by atoms with E-state index in [0.717, 1.165) is 5.56 Å². The Morgan fingerprint density at radius 3 is 2.47 bits per heavy atom. The summed E-state index contributed by atoms with van der Waals surface area (Å²) in [5.41, 5.74) is 2.38. The summed E-state index contributed by atoms with van der Waals surface area (Å²) in [5.74, 6) is -0.773. The van der Waals surface area contributed by atoms with Crippen LogP contribution in [0, 0.1) is 0 Å². The number of ether oxygens (including phenoxy) is 1. The third-order valence-electron chi connectivity index (χ3n) is 5.62. The molecular weight excluding hydrogens is 408 g/mol. The fourth-order valence-corrected chi connectivity index (χ4v) is 4.08. The molecule has 0 saturated carbocycles. The number of pyridine rings is 1. The van der Waals surface area contributed by atoms with Gasteiger partial charge in [-0.15, -0.1) is 0 Å². The van der Waals surface area contributed by atoms with E-state index < -0.39 is 12.0 Å². The number of nitrogens with zero attached hydrogens (tertiary/aromatic N) is 2. The molecule has 1 atom stereocenters. The summed E-state index contributed by atoms with van der Waals surface area (Å²) in [6.45, 7) is 0.269. The number of aromatic nitrogens is 1. The van der Waals surface area contributed by atoms with Crippen LogP contribution in [0.4, 0.5) is 0 Å². The molecule has 7 heteroatoms. The average molecular weight is 426 g/mol. The lowest BCUT2D eigenvalue weighted by molar-refractivity contribution is 0.0599. The van der Waals surface area contributed by atoms with Crippen LogP contribution in [0.1, 0.15) is 43.6 Å². The Labute approximate surface area is 182 Å². The molecule has 5 rings (SSSR count). The molecule has 158 valence electrons. The summed E-state index contributed by atoms with van der Waals surface area (Å²) in [4.78, 5) is 44.3. The van der Waals surface area contributed by atoms with Gasteiger partial charge >= 0.3 is 5.97 Å². The summed E-state index contributed by atoms with van der Waals surface area (Å²) >= 11 is 0. The van der Waals surface area contributed by atoms with Crippen LogP contribution >= 0.6 is 0 Å².